The minimum absolute atomic E-state index is 0. The molecule has 2 aromatic carbocycles. The average molecular weight is 491 g/mol. The zero-order valence-electron chi connectivity index (χ0n) is 19.3. The van der Waals surface area contributed by atoms with Crippen LogP contribution in [-0.4, -0.2) is 76.3 Å². The van der Waals surface area contributed by atoms with Crippen molar-refractivity contribution in [2.24, 2.45) is 0 Å². The Morgan fingerprint density at radius 2 is 1.74 bits per heavy atom. The van der Waals surface area contributed by atoms with Crippen LogP contribution in [0.5, 0.6) is 0 Å². The van der Waals surface area contributed by atoms with Gasteiger partial charge in [0.1, 0.15) is 5.82 Å². The second-order valence-corrected chi connectivity index (χ2v) is 8.24. The maximum absolute atomic E-state index is 15.0. The zero-order chi connectivity index (χ0) is 25.2. The average Bonchev–Trinajstić information content (AvgIpc) is 2.75. The van der Waals surface area contributed by atoms with Gasteiger partial charge in [-0.25, -0.2) is 9.18 Å². The quantitative estimate of drug-likeness (QED) is 0.424. The fourth-order valence-corrected chi connectivity index (χ4v) is 4.03. The van der Waals surface area contributed by atoms with Crippen LogP contribution in [0.25, 0.3) is 11.1 Å². The Hall–Kier alpha value is -3.01. The van der Waals surface area contributed by atoms with E-state index in [1.165, 1.54) is 24.1 Å². The van der Waals surface area contributed by atoms with E-state index in [1.54, 1.807) is 19.9 Å². The molecule has 8 nitrogen and oxygen atoms in total. The Bertz CT molecular complexity index is 1210. The van der Waals surface area contributed by atoms with E-state index < -0.39 is 48.0 Å². The van der Waals surface area contributed by atoms with Crippen LogP contribution in [0.4, 0.5) is 9.18 Å². The Morgan fingerprint density at radius 3 is 2.37 bits per heavy atom. The first-order chi connectivity index (χ1) is 16.0. The molecular weight excluding hydrogens is 464 g/mol. The molecule has 3 amide bonds. The number of urea groups is 1. The molecule has 0 fully saturated rings. The molecule has 0 aliphatic carbocycles. The second kappa shape index (κ2) is 11.6. The molecule has 1 unspecified atom stereocenters. The van der Waals surface area contributed by atoms with Crippen LogP contribution >= 0.6 is 0 Å². The van der Waals surface area contributed by atoms with Crippen LogP contribution in [0.1, 0.15) is 36.1 Å². The standard InChI is InChI=1S/C25H26FN3O5.Na.H/c1-13-7-5-6-8-16(13)17-9-10-18(26)22(15(17)3)19(12-21(31)32)27-25(34)28-23-20(30)11-14(2)29(4)24(23)33;;/h5-11,19,23H,12H2,1-4H3,(H,31,32)(H2,27,28,34);;/t19-,23?;;/m0../s1. The van der Waals surface area contributed by atoms with Crippen molar-refractivity contribution >= 4 is 53.2 Å². The van der Waals surface area contributed by atoms with Crippen molar-refractivity contribution in [1.29, 1.82) is 0 Å². The molecule has 0 spiro atoms. The second-order valence-electron chi connectivity index (χ2n) is 8.24. The Labute approximate surface area is 224 Å². The number of aliphatic carboxylic acids is 1. The van der Waals surface area contributed by atoms with E-state index in [0.717, 1.165) is 11.1 Å². The number of carboxylic acids is 1. The molecule has 0 radical (unpaired) electrons. The van der Waals surface area contributed by atoms with Crippen LogP contribution in [0, 0.1) is 19.7 Å². The minimum atomic E-state index is -1.46. The summed E-state index contributed by atoms with van der Waals surface area (Å²) in [5.74, 6) is -3.16. The monoisotopic (exact) mass is 491 g/mol. The van der Waals surface area contributed by atoms with Gasteiger partial charge in [-0.3, -0.25) is 14.4 Å². The van der Waals surface area contributed by atoms with Crippen molar-refractivity contribution in [1.82, 2.24) is 15.5 Å². The van der Waals surface area contributed by atoms with Gasteiger partial charge in [-0.1, -0.05) is 30.3 Å². The molecule has 3 N–H and O–H groups in total. The summed E-state index contributed by atoms with van der Waals surface area (Å²) >= 11 is 0. The summed E-state index contributed by atoms with van der Waals surface area (Å²) in [5.41, 5.74) is 3.43. The number of amides is 3. The van der Waals surface area contributed by atoms with Crippen LogP contribution in [0.3, 0.4) is 0 Å². The molecule has 180 valence electrons. The van der Waals surface area contributed by atoms with Crippen molar-refractivity contribution in [3.05, 3.63) is 70.7 Å². The summed E-state index contributed by atoms with van der Waals surface area (Å²) in [7, 11) is 1.47. The van der Waals surface area contributed by atoms with Gasteiger partial charge in [-0.2, -0.15) is 0 Å². The SMILES string of the molecule is CC1=CC(=O)C(NC(=O)N[C@@H](CC(=O)O)c2c(F)ccc(-c3ccccc3C)c2C)C(=O)N1C.[NaH]. The first kappa shape index (κ1) is 28.2. The van der Waals surface area contributed by atoms with E-state index in [0.29, 0.717) is 16.8 Å². The number of benzene rings is 2. The molecule has 2 aromatic rings. The van der Waals surface area contributed by atoms with Crippen molar-refractivity contribution < 1.29 is 28.7 Å². The van der Waals surface area contributed by atoms with E-state index in [4.69, 9.17) is 0 Å². The molecule has 1 aliphatic heterocycles. The van der Waals surface area contributed by atoms with Gasteiger partial charge < -0.3 is 20.6 Å². The van der Waals surface area contributed by atoms with Gasteiger partial charge in [0.05, 0.1) is 12.5 Å². The van der Waals surface area contributed by atoms with Crippen molar-refractivity contribution in [2.75, 3.05) is 7.05 Å². The molecule has 10 heteroatoms. The van der Waals surface area contributed by atoms with Gasteiger partial charge in [0, 0.05) is 24.4 Å². The number of hydrogen-bond donors (Lipinski definition) is 3. The third-order valence-electron chi connectivity index (χ3n) is 5.95. The zero-order valence-corrected chi connectivity index (χ0v) is 19.3. The topological polar surface area (TPSA) is 116 Å². The van der Waals surface area contributed by atoms with E-state index in [-0.39, 0.29) is 35.1 Å². The van der Waals surface area contributed by atoms with Gasteiger partial charge in [-0.15, -0.1) is 0 Å². The molecule has 1 heterocycles. The number of rotatable bonds is 6. The number of carboxylic acid groups (broad SMARTS) is 1. The van der Waals surface area contributed by atoms with Crippen LogP contribution in [0.15, 0.2) is 48.2 Å². The van der Waals surface area contributed by atoms with Gasteiger partial charge in [0.2, 0.25) is 0 Å². The maximum atomic E-state index is 15.0. The molecule has 0 saturated heterocycles. The van der Waals surface area contributed by atoms with Gasteiger partial charge in [-0.05, 0) is 49.1 Å². The van der Waals surface area contributed by atoms with Crippen LogP contribution < -0.4 is 10.6 Å². The molecule has 0 aromatic heterocycles. The van der Waals surface area contributed by atoms with E-state index in [2.05, 4.69) is 10.6 Å². The number of nitrogens with one attached hydrogen (secondary N) is 2. The predicted octanol–water partition coefficient (Wildman–Crippen LogP) is 2.59. The molecular formula is C25H27FN3NaO5. The van der Waals surface area contributed by atoms with Gasteiger partial charge in [0.15, 0.2) is 11.8 Å². The molecule has 3 rings (SSSR count). The third kappa shape index (κ3) is 6.17. The fourth-order valence-electron chi connectivity index (χ4n) is 4.03. The molecule has 35 heavy (non-hydrogen) atoms. The first-order valence-corrected chi connectivity index (χ1v) is 10.6. The number of hydrogen-bond acceptors (Lipinski definition) is 4. The van der Waals surface area contributed by atoms with E-state index in [9.17, 15) is 28.7 Å². The number of allylic oxidation sites excluding steroid dienone is 1. The number of ketones is 1. The molecule has 0 saturated carbocycles. The summed E-state index contributed by atoms with van der Waals surface area (Å²) in [6, 6.07) is 6.68. The number of likely N-dealkylation sites (N-methyl/N-ethyl adjacent to an activating group) is 1. The number of nitrogens with zero attached hydrogens (tertiary/aromatic N) is 1. The third-order valence-corrected chi connectivity index (χ3v) is 5.95. The number of carbonyl (C=O) groups is 4. The summed E-state index contributed by atoms with van der Waals surface area (Å²) in [4.78, 5) is 50.2. The Morgan fingerprint density at radius 1 is 1.09 bits per heavy atom. The Kier molecular flexibility index (Phi) is 9.37. The van der Waals surface area contributed by atoms with E-state index >= 15 is 0 Å². The summed E-state index contributed by atoms with van der Waals surface area (Å²) < 4.78 is 15.0. The summed E-state index contributed by atoms with van der Waals surface area (Å²) in [5, 5.41) is 14.1. The normalized spacial score (nSPS) is 16.2. The number of aryl methyl sites for hydroxylation is 1. The fraction of sp³-hybridized carbons (Fsp3) is 0.280. The van der Waals surface area contributed by atoms with Crippen LogP contribution in [0.2, 0.25) is 0 Å². The van der Waals surface area contributed by atoms with E-state index in [1.807, 2.05) is 31.2 Å². The molecule has 2 atom stereocenters. The molecule has 1 aliphatic rings. The van der Waals surface area contributed by atoms with Crippen molar-refractivity contribution in [3.8, 4) is 11.1 Å². The number of halogens is 1. The van der Waals surface area contributed by atoms with Crippen LogP contribution in [-0.2, 0) is 14.4 Å². The predicted molar refractivity (Wildman–Crippen MR) is 130 cm³/mol. The van der Waals surface area contributed by atoms with Crippen molar-refractivity contribution in [3.63, 3.8) is 0 Å². The van der Waals surface area contributed by atoms with Gasteiger partial charge >= 0.3 is 41.6 Å². The number of carbonyl (C=O) groups excluding carboxylic acids is 3. The summed E-state index contributed by atoms with van der Waals surface area (Å²) in [6.45, 7) is 5.15. The van der Waals surface area contributed by atoms with Gasteiger partial charge in [0.25, 0.3) is 5.91 Å². The summed E-state index contributed by atoms with van der Waals surface area (Å²) in [6.07, 6.45) is 0.629. The van der Waals surface area contributed by atoms with Crippen molar-refractivity contribution in [2.45, 2.75) is 39.3 Å². The Balaban J connectivity index is 0.00000432. The first-order valence-electron chi connectivity index (χ1n) is 10.6. The molecule has 0 bridgehead atoms.